The topological polar surface area (TPSA) is 178 Å². The van der Waals surface area contributed by atoms with Gasteiger partial charge in [-0.05, 0) is 128 Å². The molecule has 1 spiro atoms. The van der Waals surface area contributed by atoms with E-state index in [1.54, 1.807) is 18.2 Å². The molecule has 3 aromatic rings. The normalized spacial score (nSPS) is 28.5. The Morgan fingerprint density at radius 2 is 1.74 bits per heavy atom. The smallest absolute Gasteiger partial charge is 0.308 e. The zero-order valence-electron chi connectivity index (χ0n) is 35.2. The number of hydrogen-bond acceptors (Lipinski definition) is 8. The summed E-state index contributed by atoms with van der Waals surface area (Å²) in [4.78, 5) is 38.1. The van der Waals surface area contributed by atoms with E-state index >= 15 is 0 Å². The van der Waals surface area contributed by atoms with E-state index in [0.29, 0.717) is 38.5 Å². The van der Waals surface area contributed by atoms with Crippen LogP contribution in [0.3, 0.4) is 0 Å². The third-order valence-corrected chi connectivity index (χ3v) is 14.8. The predicted octanol–water partition coefficient (Wildman–Crippen LogP) is 7.15. The molecule has 3 aromatic carbocycles. The minimum absolute atomic E-state index is 0.00235. The molecule has 4 aliphatic rings. The number of phenols is 1. The van der Waals surface area contributed by atoms with Crippen LogP contribution >= 0.6 is 0 Å². The molecule has 0 amide bonds. The molecule has 0 aliphatic heterocycles. The van der Waals surface area contributed by atoms with Gasteiger partial charge >= 0.3 is 5.97 Å². The zero-order valence-corrected chi connectivity index (χ0v) is 35.2. The summed E-state index contributed by atoms with van der Waals surface area (Å²) in [6.07, 6.45) is 18.6. The summed E-state index contributed by atoms with van der Waals surface area (Å²) in [5.41, 5.74) is 8.84. The number of aliphatic hydroxyl groups excluding tert-OH is 1. The van der Waals surface area contributed by atoms with Crippen molar-refractivity contribution >= 4 is 30.4 Å². The average Bonchev–Trinajstić information content (AvgIpc) is 3.71. The van der Waals surface area contributed by atoms with E-state index in [4.69, 9.17) is 5.73 Å². The summed E-state index contributed by atoms with van der Waals surface area (Å²) in [7, 11) is 0. The van der Waals surface area contributed by atoms with Gasteiger partial charge in [0.1, 0.15) is 24.1 Å². The number of hydrogen-bond donors (Lipinski definition) is 6. The number of nitrogens with two attached hydrogens (primary N) is 1. The van der Waals surface area contributed by atoms with Crippen LogP contribution in [0.2, 0.25) is 0 Å². The van der Waals surface area contributed by atoms with Crippen LogP contribution in [0, 0.1) is 41.4 Å². The monoisotopic (exact) mass is 829 g/mol. The fourth-order valence-corrected chi connectivity index (χ4v) is 11.6. The van der Waals surface area contributed by atoms with Crippen molar-refractivity contribution in [2.24, 2.45) is 47.2 Å². The van der Waals surface area contributed by atoms with Crippen LogP contribution in [-0.2, 0) is 26.2 Å². The van der Waals surface area contributed by atoms with Gasteiger partial charge in [-0.1, -0.05) is 110 Å². The molecule has 9 atom stereocenters. The molecule has 4 aliphatic carbocycles. The van der Waals surface area contributed by atoms with Gasteiger partial charge in [0.2, 0.25) is 0 Å². The molecular formula is C52H63NO8. The van der Waals surface area contributed by atoms with E-state index in [1.807, 2.05) is 54.6 Å². The molecule has 7 rings (SSSR count). The molecule has 324 valence electrons. The third kappa shape index (κ3) is 9.64. The third-order valence-electron chi connectivity index (χ3n) is 14.8. The van der Waals surface area contributed by atoms with E-state index < -0.39 is 41.3 Å². The van der Waals surface area contributed by atoms with Crippen molar-refractivity contribution in [1.29, 1.82) is 0 Å². The quantitative estimate of drug-likeness (QED) is 0.0402. The molecule has 2 bridgehead atoms. The van der Waals surface area contributed by atoms with Crippen molar-refractivity contribution in [2.75, 3.05) is 6.54 Å². The lowest BCUT2D eigenvalue weighted by atomic mass is 9.52. The number of carbonyl (C=O) groups is 3. The number of aromatic hydroxyl groups is 1. The Bertz CT molecular complexity index is 2210. The van der Waals surface area contributed by atoms with E-state index in [9.17, 15) is 39.9 Å². The van der Waals surface area contributed by atoms with Crippen LogP contribution in [0.4, 0.5) is 0 Å². The SMILES string of the molecule is NCCC1=C[C@@H]([C@@H](C=O)CCCCC[C@@H]2C/C=C/[C@H](C(O)(O)CC=O)[C@H](C(=O)O)[C@@]3(CC[C@@H]4C=c5ccccc5=C(O)[C@@H]4C3)c3cccc(c3)C[C@@H]2c2ccc(O)cc2)CC1. The first-order valence-corrected chi connectivity index (χ1v) is 22.5. The highest BCUT2D eigenvalue weighted by atomic mass is 16.5. The number of fused-ring (bicyclic) bond motifs is 5. The lowest BCUT2D eigenvalue weighted by molar-refractivity contribution is -0.212. The Kier molecular flexibility index (Phi) is 14.1. The Morgan fingerprint density at radius 3 is 2.49 bits per heavy atom. The van der Waals surface area contributed by atoms with Crippen LogP contribution in [0.5, 0.6) is 5.75 Å². The lowest BCUT2D eigenvalue weighted by Crippen LogP contribution is -2.55. The number of allylic oxidation sites excluding steroid dienone is 2. The van der Waals surface area contributed by atoms with Crippen molar-refractivity contribution in [2.45, 2.75) is 107 Å². The molecule has 1 fully saturated rings. The van der Waals surface area contributed by atoms with Crippen LogP contribution in [0.15, 0.2) is 96.6 Å². The fraction of sp³-hybridized carbons (Fsp3) is 0.481. The molecule has 7 N–H and O–H groups in total. The number of unbranched alkanes of at least 4 members (excludes halogenated alkanes) is 2. The summed E-state index contributed by atoms with van der Waals surface area (Å²) in [6.45, 7) is 0.623. The van der Waals surface area contributed by atoms with Gasteiger partial charge in [-0.3, -0.25) is 4.79 Å². The zero-order chi connectivity index (χ0) is 43.1. The maximum atomic E-state index is 13.9. The number of aldehydes is 2. The number of carboxylic acids is 1. The second kappa shape index (κ2) is 19.5. The first-order valence-electron chi connectivity index (χ1n) is 22.5. The van der Waals surface area contributed by atoms with Gasteiger partial charge in [0.15, 0.2) is 5.79 Å². The Morgan fingerprint density at radius 1 is 0.934 bits per heavy atom. The molecule has 0 unspecified atom stereocenters. The first kappa shape index (κ1) is 44.2. The van der Waals surface area contributed by atoms with E-state index in [1.165, 1.54) is 5.57 Å². The minimum Gasteiger partial charge on any atom is -0.511 e. The number of phenolic OH excluding ortho intramolecular Hbond substituents is 1. The second-order valence-electron chi connectivity index (χ2n) is 18.4. The fourth-order valence-electron chi connectivity index (χ4n) is 11.6. The summed E-state index contributed by atoms with van der Waals surface area (Å²) < 4.78 is 0. The minimum atomic E-state index is -2.66. The summed E-state index contributed by atoms with van der Waals surface area (Å²) in [6, 6.07) is 23.1. The summed E-state index contributed by atoms with van der Waals surface area (Å²) >= 11 is 0. The molecule has 0 heterocycles. The van der Waals surface area contributed by atoms with Crippen LogP contribution in [0.1, 0.15) is 106 Å². The molecular weight excluding hydrogens is 767 g/mol. The number of aliphatic carboxylic acids is 1. The van der Waals surface area contributed by atoms with Gasteiger partial charge in [0.25, 0.3) is 0 Å². The number of carbonyl (C=O) groups excluding carboxylic acids is 2. The molecule has 9 heteroatoms. The predicted molar refractivity (Wildman–Crippen MR) is 237 cm³/mol. The van der Waals surface area contributed by atoms with Crippen LogP contribution in [-0.4, -0.2) is 56.4 Å². The van der Waals surface area contributed by atoms with Crippen LogP contribution in [0.25, 0.3) is 11.8 Å². The van der Waals surface area contributed by atoms with Gasteiger partial charge in [0, 0.05) is 28.4 Å². The number of rotatable bonds is 15. The highest BCUT2D eigenvalue weighted by molar-refractivity contribution is 5.74. The highest BCUT2D eigenvalue weighted by Gasteiger charge is 2.56. The molecule has 1 saturated carbocycles. The standard InChI is InChI=1S/C52H63NO8/c53-26-23-34-16-17-38(28-34)41(33-55)11-3-1-2-9-36-12-7-15-47(52(60,61)25-27-54)48(50(58)59)51(24-22-40-31-39-10-4-5-14-44(39)49(57)46(40)32-51)42-13-6-8-35(29-42)30-45(36)37-18-20-43(56)21-19-37/h4-8,10,13-15,18-21,27-29,31,33,36,38,40-41,45-48,56-57,60-61H,1-3,9,11-12,16-17,22-26,30,32,53H2,(H,58,59)/b15-7+/t36-,38+,40-,41-,45+,46-,47+,48-,51-/m1/s1. The number of carboxylic acid groups (broad SMARTS) is 1. The summed E-state index contributed by atoms with van der Waals surface area (Å²) in [5.74, 6) is -6.29. The van der Waals surface area contributed by atoms with E-state index in [2.05, 4.69) is 24.3 Å². The average molecular weight is 830 g/mol. The van der Waals surface area contributed by atoms with Gasteiger partial charge in [-0.25, -0.2) is 0 Å². The Balaban J connectivity index is 1.25. The van der Waals surface area contributed by atoms with Crippen molar-refractivity contribution in [3.63, 3.8) is 0 Å². The van der Waals surface area contributed by atoms with Gasteiger partial charge in [-0.2, -0.15) is 0 Å². The van der Waals surface area contributed by atoms with Crippen molar-refractivity contribution in [1.82, 2.24) is 0 Å². The highest BCUT2D eigenvalue weighted by Crippen LogP contribution is 2.55. The molecule has 0 radical (unpaired) electrons. The molecule has 61 heavy (non-hydrogen) atoms. The molecule has 0 aromatic heterocycles. The maximum absolute atomic E-state index is 13.9. The number of benzene rings is 3. The second-order valence-corrected chi connectivity index (χ2v) is 18.4. The summed E-state index contributed by atoms with van der Waals surface area (Å²) in [5, 5.41) is 58.7. The lowest BCUT2D eigenvalue weighted by Gasteiger charge is -2.51. The van der Waals surface area contributed by atoms with Crippen molar-refractivity contribution in [3.8, 4) is 5.75 Å². The van der Waals surface area contributed by atoms with Crippen LogP contribution < -0.4 is 16.2 Å². The Hall–Kier alpha value is -4.83. The van der Waals surface area contributed by atoms with E-state index in [-0.39, 0.29) is 47.5 Å². The van der Waals surface area contributed by atoms with E-state index in [0.717, 1.165) is 84.8 Å². The Labute approximate surface area is 359 Å². The first-order chi connectivity index (χ1) is 29.5. The van der Waals surface area contributed by atoms with Crippen molar-refractivity contribution in [3.05, 3.63) is 124 Å². The maximum Gasteiger partial charge on any atom is 0.308 e. The van der Waals surface area contributed by atoms with Gasteiger partial charge in [-0.15, -0.1) is 0 Å². The van der Waals surface area contributed by atoms with Crippen molar-refractivity contribution < 1.29 is 39.9 Å². The molecule has 0 saturated heterocycles. The van der Waals surface area contributed by atoms with Gasteiger partial charge in [0.05, 0.1) is 12.3 Å². The van der Waals surface area contributed by atoms with Gasteiger partial charge < -0.3 is 40.9 Å². The molecule has 9 nitrogen and oxygen atoms in total. The largest absolute Gasteiger partial charge is 0.511 e. The number of aliphatic hydroxyl groups is 3.